The highest BCUT2D eigenvalue weighted by Gasteiger charge is 2.00. The van der Waals surface area contributed by atoms with Gasteiger partial charge in [0, 0.05) is 29.8 Å². The van der Waals surface area contributed by atoms with Crippen LogP contribution in [-0.2, 0) is 7.05 Å². The van der Waals surface area contributed by atoms with Gasteiger partial charge in [-0.2, -0.15) is 0 Å². The van der Waals surface area contributed by atoms with E-state index in [0.29, 0.717) is 0 Å². The maximum absolute atomic E-state index is 9.17. The zero-order chi connectivity index (χ0) is 10.1. The first kappa shape index (κ1) is 9.09. The number of hydrogen-bond acceptors (Lipinski definition) is 2. The van der Waals surface area contributed by atoms with E-state index in [-0.39, 0.29) is 0 Å². The maximum Gasteiger partial charge on any atom is 0.121 e. The van der Waals surface area contributed by atoms with Crippen molar-refractivity contribution in [1.29, 1.82) is 0 Å². The van der Waals surface area contributed by atoms with Crippen molar-refractivity contribution in [1.82, 2.24) is 4.57 Å². The second-order valence-corrected chi connectivity index (χ2v) is 3.52. The van der Waals surface area contributed by atoms with Crippen molar-refractivity contribution in [2.75, 3.05) is 5.32 Å². The van der Waals surface area contributed by atoms with Gasteiger partial charge in [-0.05, 0) is 31.2 Å². The van der Waals surface area contributed by atoms with Gasteiger partial charge >= 0.3 is 0 Å². The molecule has 0 radical (unpaired) electrons. The molecule has 2 rings (SSSR count). The van der Waals surface area contributed by atoms with Crippen molar-refractivity contribution < 1.29 is 5.11 Å². The molecule has 0 saturated heterocycles. The van der Waals surface area contributed by atoms with E-state index in [9.17, 15) is 0 Å². The van der Waals surface area contributed by atoms with Crippen molar-refractivity contribution >= 4 is 16.6 Å². The van der Waals surface area contributed by atoms with Gasteiger partial charge in [-0.25, -0.2) is 0 Å². The molecule has 1 atom stereocenters. The summed E-state index contributed by atoms with van der Waals surface area (Å²) in [4.78, 5) is 0. The Morgan fingerprint density at radius 3 is 2.86 bits per heavy atom. The summed E-state index contributed by atoms with van der Waals surface area (Å²) < 4.78 is 2.07. The second-order valence-electron chi connectivity index (χ2n) is 3.52. The predicted molar refractivity (Wildman–Crippen MR) is 58.2 cm³/mol. The van der Waals surface area contributed by atoms with E-state index in [1.165, 1.54) is 10.9 Å². The standard InChI is InChI=1S/C11H14N2O/c1-8(14)12-10-3-4-11-9(7-10)5-6-13(11)2/h3-8,12,14H,1-2H3. The fraction of sp³-hybridized carbons (Fsp3) is 0.273. The molecule has 14 heavy (non-hydrogen) atoms. The molecule has 1 heterocycles. The number of rotatable bonds is 2. The molecular weight excluding hydrogens is 176 g/mol. The zero-order valence-electron chi connectivity index (χ0n) is 8.36. The van der Waals surface area contributed by atoms with Crippen molar-refractivity contribution in [3.63, 3.8) is 0 Å². The number of benzene rings is 1. The minimum absolute atomic E-state index is 0.517. The molecule has 0 aliphatic rings. The molecule has 0 bridgehead atoms. The molecule has 0 saturated carbocycles. The Morgan fingerprint density at radius 1 is 1.36 bits per heavy atom. The third-order valence-electron chi connectivity index (χ3n) is 2.26. The molecule has 0 aliphatic carbocycles. The van der Waals surface area contributed by atoms with Crippen molar-refractivity contribution in [2.45, 2.75) is 13.2 Å². The zero-order valence-corrected chi connectivity index (χ0v) is 8.36. The molecule has 2 aromatic rings. The number of nitrogens with zero attached hydrogens (tertiary/aromatic N) is 1. The van der Waals surface area contributed by atoms with E-state index in [0.717, 1.165) is 5.69 Å². The van der Waals surface area contributed by atoms with Gasteiger partial charge in [0.05, 0.1) is 0 Å². The molecule has 1 unspecified atom stereocenters. The summed E-state index contributed by atoms with van der Waals surface area (Å²) in [5, 5.41) is 13.3. The first-order valence-corrected chi connectivity index (χ1v) is 4.66. The molecule has 3 heteroatoms. The molecule has 0 spiro atoms. The van der Waals surface area contributed by atoms with Gasteiger partial charge in [-0.1, -0.05) is 0 Å². The van der Waals surface area contributed by atoms with Gasteiger partial charge < -0.3 is 15.0 Å². The van der Waals surface area contributed by atoms with Crippen LogP contribution >= 0.6 is 0 Å². The predicted octanol–water partition coefficient (Wildman–Crippen LogP) is 1.93. The lowest BCUT2D eigenvalue weighted by molar-refractivity contribution is 0.224. The van der Waals surface area contributed by atoms with E-state index >= 15 is 0 Å². The number of aliphatic hydroxyl groups excluding tert-OH is 1. The van der Waals surface area contributed by atoms with Gasteiger partial charge in [0.1, 0.15) is 6.23 Å². The first-order valence-electron chi connectivity index (χ1n) is 4.66. The molecule has 0 amide bonds. The lowest BCUT2D eigenvalue weighted by atomic mass is 10.2. The third-order valence-corrected chi connectivity index (χ3v) is 2.26. The summed E-state index contributed by atoms with van der Waals surface area (Å²) in [6.07, 6.45) is 1.51. The van der Waals surface area contributed by atoms with Crippen LogP contribution in [0.15, 0.2) is 30.5 Å². The first-order chi connectivity index (χ1) is 6.66. The Labute approximate surface area is 83.0 Å². The van der Waals surface area contributed by atoms with Crippen LogP contribution in [0.3, 0.4) is 0 Å². The summed E-state index contributed by atoms with van der Waals surface area (Å²) in [5.41, 5.74) is 2.14. The lowest BCUT2D eigenvalue weighted by Crippen LogP contribution is -2.12. The lowest BCUT2D eigenvalue weighted by Gasteiger charge is -2.08. The van der Waals surface area contributed by atoms with Crippen LogP contribution < -0.4 is 5.32 Å². The second kappa shape index (κ2) is 3.35. The number of aliphatic hydroxyl groups is 1. The highest BCUT2D eigenvalue weighted by Crippen LogP contribution is 2.19. The van der Waals surface area contributed by atoms with Gasteiger partial charge in [0.25, 0.3) is 0 Å². The molecule has 3 nitrogen and oxygen atoms in total. The van der Waals surface area contributed by atoms with E-state index in [1.807, 2.05) is 31.4 Å². The van der Waals surface area contributed by atoms with Crippen LogP contribution in [0.25, 0.3) is 10.9 Å². The number of anilines is 1. The van der Waals surface area contributed by atoms with Crippen LogP contribution in [0.1, 0.15) is 6.92 Å². The highest BCUT2D eigenvalue weighted by molar-refractivity contribution is 5.83. The Balaban J connectivity index is 2.42. The van der Waals surface area contributed by atoms with Crippen LogP contribution in [-0.4, -0.2) is 15.9 Å². The summed E-state index contributed by atoms with van der Waals surface area (Å²) in [6.45, 7) is 1.70. The maximum atomic E-state index is 9.17. The monoisotopic (exact) mass is 190 g/mol. The topological polar surface area (TPSA) is 37.2 Å². The Hall–Kier alpha value is -1.48. The number of fused-ring (bicyclic) bond motifs is 1. The fourth-order valence-corrected chi connectivity index (χ4v) is 1.61. The molecule has 74 valence electrons. The van der Waals surface area contributed by atoms with E-state index < -0.39 is 6.23 Å². The SMILES string of the molecule is CC(O)Nc1ccc2c(ccn2C)c1. The van der Waals surface area contributed by atoms with E-state index in [4.69, 9.17) is 5.11 Å². The normalized spacial score (nSPS) is 13.1. The smallest absolute Gasteiger partial charge is 0.121 e. The molecule has 2 N–H and O–H groups in total. The van der Waals surface area contributed by atoms with Crippen LogP contribution in [0.2, 0.25) is 0 Å². The number of nitrogens with one attached hydrogen (secondary N) is 1. The van der Waals surface area contributed by atoms with Gasteiger partial charge in [0.2, 0.25) is 0 Å². The molecule has 1 aromatic heterocycles. The average molecular weight is 190 g/mol. The van der Waals surface area contributed by atoms with Crippen LogP contribution in [0.4, 0.5) is 5.69 Å². The Bertz CT molecular complexity index is 445. The van der Waals surface area contributed by atoms with E-state index in [1.54, 1.807) is 6.92 Å². The summed E-state index contributed by atoms with van der Waals surface area (Å²) in [7, 11) is 2.02. The number of aromatic nitrogens is 1. The molecule has 0 aliphatic heterocycles. The van der Waals surface area contributed by atoms with Gasteiger partial charge in [0.15, 0.2) is 0 Å². The van der Waals surface area contributed by atoms with Crippen molar-refractivity contribution in [3.8, 4) is 0 Å². The summed E-state index contributed by atoms with van der Waals surface area (Å²) in [5.74, 6) is 0. The summed E-state index contributed by atoms with van der Waals surface area (Å²) >= 11 is 0. The fourth-order valence-electron chi connectivity index (χ4n) is 1.61. The minimum Gasteiger partial charge on any atom is -0.374 e. The Morgan fingerprint density at radius 2 is 2.14 bits per heavy atom. The minimum atomic E-state index is -0.517. The molecular formula is C11H14N2O. The number of hydrogen-bond donors (Lipinski definition) is 2. The van der Waals surface area contributed by atoms with Crippen LogP contribution in [0.5, 0.6) is 0 Å². The molecule has 0 fully saturated rings. The summed E-state index contributed by atoms with van der Waals surface area (Å²) in [6, 6.07) is 8.10. The quantitative estimate of drug-likeness (QED) is 0.710. The largest absolute Gasteiger partial charge is 0.374 e. The highest BCUT2D eigenvalue weighted by atomic mass is 16.3. The van der Waals surface area contributed by atoms with Crippen molar-refractivity contribution in [3.05, 3.63) is 30.5 Å². The average Bonchev–Trinajstić information content (AvgIpc) is 2.46. The Kier molecular flexibility index (Phi) is 2.17. The van der Waals surface area contributed by atoms with Gasteiger partial charge in [-0.15, -0.1) is 0 Å². The number of aryl methyl sites for hydroxylation is 1. The van der Waals surface area contributed by atoms with Gasteiger partial charge in [-0.3, -0.25) is 0 Å². The van der Waals surface area contributed by atoms with E-state index in [2.05, 4.69) is 16.0 Å². The van der Waals surface area contributed by atoms with Crippen LogP contribution in [0, 0.1) is 0 Å². The van der Waals surface area contributed by atoms with Crippen molar-refractivity contribution in [2.24, 2.45) is 7.05 Å². The third kappa shape index (κ3) is 1.59. The molecule has 1 aromatic carbocycles.